The van der Waals surface area contributed by atoms with Crippen LogP contribution in [-0.4, -0.2) is 19.4 Å². The Morgan fingerprint density at radius 2 is 2.00 bits per heavy atom. The van der Waals surface area contributed by atoms with Crippen molar-refractivity contribution in [3.05, 3.63) is 41.5 Å². The van der Waals surface area contributed by atoms with Gasteiger partial charge in [0.25, 0.3) is 0 Å². The van der Waals surface area contributed by atoms with Crippen molar-refractivity contribution in [3.63, 3.8) is 0 Å². The number of esters is 1. The number of hydrogen-bond acceptors (Lipinski definition) is 3. The van der Waals surface area contributed by atoms with Crippen LogP contribution < -0.4 is 0 Å². The molecule has 0 aliphatic carbocycles. The van der Waals surface area contributed by atoms with E-state index in [4.69, 9.17) is 0 Å². The third-order valence-electron chi connectivity index (χ3n) is 1.91. The van der Waals surface area contributed by atoms with Crippen LogP contribution in [0.4, 0.5) is 0 Å². The summed E-state index contributed by atoms with van der Waals surface area (Å²) >= 11 is 0. The summed E-state index contributed by atoms with van der Waals surface area (Å²) in [6.45, 7) is 0. The second kappa shape index (κ2) is 5.75. The molecule has 78 valence electrons. The molecule has 0 unspecified atom stereocenters. The van der Waals surface area contributed by atoms with Gasteiger partial charge in [0.05, 0.1) is 7.11 Å². The van der Waals surface area contributed by atoms with Crippen LogP contribution in [0.25, 0.3) is 6.08 Å². The van der Waals surface area contributed by atoms with Gasteiger partial charge < -0.3 is 9.53 Å². The molecular weight excluding hydrogens is 192 g/mol. The van der Waals surface area contributed by atoms with Crippen molar-refractivity contribution in [1.29, 1.82) is 0 Å². The van der Waals surface area contributed by atoms with E-state index in [0.717, 1.165) is 17.4 Å². The molecule has 0 radical (unpaired) electrons. The second-order valence-corrected chi connectivity index (χ2v) is 2.97. The smallest absolute Gasteiger partial charge is 0.330 e. The van der Waals surface area contributed by atoms with E-state index in [1.807, 2.05) is 24.3 Å². The van der Waals surface area contributed by atoms with Gasteiger partial charge in [-0.15, -0.1) is 0 Å². The molecule has 3 heteroatoms. The lowest BCUT2D eigenvalue weighted by Crippen LogP contribution is -1.93. The van der Waals surface area contributed by atoms with E-state index in [0.29, 0.717) is 6.42 Å². The van der Waals surface area contributed by atoms with E-state index in [9.17, 15) is 9.59 Å². The Kier molecular flexibility index (Phi) is 4.29. The third kappa shape index (κ3) is 3.77. The Hall–Kier alpha value is -1.90. The minimum atomic E-state index is -0.382. The summed E-state index contributed by atoms with van der Waals surface area (Å²) in [7, 11) is 1.33. The maximum Gasteiger partial charge on any atom is 0.330 e. The summed E-state index contributed by atoms with van der Waals surface area (Å²) < 4.78 is 4.46. The number of ether oxygens (including phenoxy) is 1. The average Bonchev–Trinajstić information content (AvgIpc) is 2.28. The molecular formula is C12H12O3. The highest BCUT2D eigenvalue weighted by molar-refractivity contribution is 5.86. The van der Waals surface area contributed by atoms with Gasteiger partial charge in [0.1, 0.15) is 6.29 Å². The molecule has 1 aromatic rings. The molecule has 0 aromatic heterocycles. The van der Waals surface area contributed by atoms with E-state index in [1.54, 1.807) is 6.08 Å². The van der Waals surface area contributed by atoms with Gasteiger partial charge in [-0.2, -0.15) is 0 Å². The minimum Gasteiger partial charge on any atom is -0.466 e. The summed E-state index contributed by atoms with van der Waals surface area (Å²) in [6.07, 6.45) is 4.30. The Balaban J connectivity index is 2.67. The summed E-state index contributed by atoms with van der Waals surface area (Å²) in [4.78, 5) is 21.0. The van der Waals surface area contributed by atoms with E-state index < -0.39 is 0 Å². The van der Waals surface area contributed by atoms with Gasteiger partial charge in [0.15, 0.2) is 0 Å². The summed E-state index contributed by atoms with van der Waals surface area (Å²) in [5, 5.41) is 0. The first-order valence-corrected chi connectivity index (χ1v) is 4.55. The van der Waals surface area contributed by atoms with Crippen molar-refractivity contribution in [2.24, 2.45) is 0 Å². The van der Waals surface area contributed by atoms with Crippen molar-refractivity contribution in [2.75, 3.05) is 7.11 Å². The molecule has 0 saturated heterocycles. The molecule has 0 spiro atoms. The quantitative estimate of drug-likeness (QED) is 0.425. The van der Waals surface area contributed by atoms with Crippen molar-refractivity contribution in [1.82, 2.24) is 0 Å². The Bertz CT molecular complexity index is 363. The van der Waals surface area contributed by atoms with Gasteiger partial charge in [-0.3, -0.25) is 0 Å². The molecule has 1 aromatic carbocycles. The monoisotopic (exact) mass is 204 g/mol. The lowest BCUT2D eigenvalue weighted by Gasteiger charge is -1.96. The first kappa shape index (κ1) is 11.2. The van der Waals surface area contributed by atoms with Crippen molar-refractivity contribution in [3.8, 4) is 0 Å². The van der Waals surface area contributed by atoms with Gasteiger partial charge in [-0.05, 0) is 17.2 Å². The highest BCUT2D eigenvalue weighted by Crippen LogP contribution is 2.06. The molecule has 0 fully saturated rings. The number of rotatable bonds is 4. The van der Waals surface area contributed by atoms with Crippen LogP contribution >= 0.6 is 0 Å². The Labute approximate surface area is 88.4 Å². The van der Waals surface area contributed by atoms with Crippen LogP contribution in [0.1, 0.15) is 11.1 Å². The fraction of sp³-hybridized carbons (Fsp3) is 0.167. The number of benzene rings is 1. The maximum atomic E-state index is 10.8. The SMILES string of the molecule is COC(=O)/C=C/c1ccc(CC=O)cc1. The zero-order valence-electron chi connectivity index (χ0n) is 8.47. The largest absolute Gasteiger partial charge is 0.466 e. The van der Waals surface area contributed by atoms with Crippen LogP contribution in [0.5, 0.6) is 0 Å². The highest BCUT2D eigenvalue weighted by Gasteiger charge is 1.93. The fourth-order valence-corrected chi connectivity index (χ4v) is 1.09. The molecule has 0 atom stereocenters. The van der Waals surface area contributed by atoms with E-state index in [-0.39, 0.29) is 5.97 Å². The number of carbonyl (C=O) groups excluding carboxylic acids is 2. The molecule has 0 saturated carbocycles. The lowest BCUT2D eigenvalue weighted by atomic mass is 10.1. The van der Waals surface area contributed by atoms with Gasteiger partial charge in [0.2, 0.25) is 0 Å². The standard InChI is InChI=1S/C12H12O3/c1-15-12(14)7-6-10-2-4-11(5-3-10)8-9-13/h2-7,9H,8H2,1H3/b7-6+. The molecule has 0 amide bonds. The molecule has 0 aliphatic heterocycles. The fourth-order valence-electron chi connectivity index (χ4n) is 1.09. The van der Waals surface area contributed by atoms with Crippen LogP contribution in [0.2, 0.25) is 0 Å². The van der Waals surface area contributed by atoms with Crippen molar-refractivity contribution < 1.29 is 14.3 Å². The van der Waals surface area contributed by atoms with Crippen LogP contribution in [0.15, 0.2) is 30.3 Å². The van der Waals surface area contributed by atoms with Gasteiger partial charge in [0, 0.05) is 12.5 Å². The van der Waals surface area contributed by atoms with Crippen LogP contribution in [-0.2, 0) is 20.7 Å². The minimum absolute atomic E-state index is 0.382. The molecule has 0 bridgehead atoms. The molecule has 0 aliphatic rings. The molecule has 0 N–H and O–H groups in total. The topological polar surface area (TPSA) is 43.4 Å². The zero-order valence-corrected chi connectivity index (χ0v) is 8.47. The van der Waals surface area contributed by atoms with E-state index in [1.165, 1.54) is 13.2 Å². The van der Waals surface area contributed by atoms with E-state index in [2.05, 4.69) is 4.74 Å². The van der Waals surface area contributed by atoms with Crippen LogP contribution in [0.3, 0.4) is 0 Å². The zero-order chi connectivity index (χ0) is 11.1. The predicted octanol–water partition coefficient (Wildman–Crippen LogP) is 1.61. The van der Waals surface area contributed by atoms with Gasteiger partial charge in [-0.1, -0.05) is 24.3 Å². The second-order valence-electron chi connectivity index (χ2n) is 2.97. The highest BCUT2D eigenvalue weighted by atomic mass is 16.5. The molecule has 0 heterocycles. The number of hydrogen-bond donors (Lipinski definition) is 0. The maximum absolute atomic E-state index is 10.8. The molecule has 3 nitrogen and oxygen atoms in total. The van der Waals surface area contributed by atoms with Gasteiger partial charge in [-0.25, -0.2) is 4.79 Å². The van der Waals surface area contributed by atoms with Gasteiger partial charge >= 0.3 is 5.97 Å². The van der Waals surface area contributed by atoms with Crippen LogP contribution in [0, 0.1) is 0 Å². The lowest BCUT2D eigenvalue weighted by molar-refractivity contribution is -0.134. The predicted molar refractivity (Wildman–Crippen MR) is 57.3 cm³/mol. The van der Waals surface area contributed by atoms with Crippen molar-refractivity contribution in [2.45, 2.75) is 6.42 Å². The third-order valence-corrected chi connectivity index (χ3v) is 1.91. The number of methoxy groups -OCH3 is 1. The first-order chi connectivity index (χ1) is 7.26. The summed E-state index contributed by atoms with van der Waals surface area (Å²) in [5.74, 6) is -0.382. The first-order valence-electron chi connectivity index (χ1n) is 4.55. The Morgan fingerprint density at radius 1 is 1.33 bits per heavy atom. The Morgan fingerprint density at radius 3 is 2.53 bits per heavy atom. The normalized spacial score (nSPS) is 10.2. The van der Waals surface area contributed by atoms with E-state index >= 15 is 0 Å². The van der Waals surface area contributed by atoms with Crippen molar-refractivity contribution >= 4 is 18.3 Å². The molecule has 1 rings (SSSR count). The molecule has 15 heavy (non-hydrogen) atoms. The summed E-state index contributed by atoms with van der Waals surface area (Å²) in [6, 6.07) is 7.40. The average molecular weight is 204 g/mol. The summed E-state index contributed by atoms with van der Waals surface area (Å²) in [5.41, 5.74) is 1.86. The number of aldehydes is 1. The number of carbonyl (C=O) groups is 2.